The minimum Gasteiger partial charge on any atom is -0.462 e. The third-order valence-electron chi connectivity index (χ3n) is 10.8. The first-order chi connectivity index (χ1) is 33.3. The van der Waals surface area contributed by atoms with Crippen molar-refractivity contribution in [3.8, 4) is 0 Å². The van der Waals surface area contributed by atoms with Gasteiger partial charge >= 0.3 is 27.6 Å². The Morgan fingerprint density at radius 3 is 1.70 bits per heavy atom. The van der Waals surface area contributed by atoms with Crippen molar-refractivity contribution in [2.75, 3.05) is 13.2 Å². The normalized spacial score (nSPS) is 23.1. The zero-order chi connectivity index (χ0) is 52.2. The molecule has 5 unspecified atom stereocenters. The van der Waals surface area contributed by atoms with Crippen LogP contribution in [-0.4, -0.2) is 137 Å². The molecule has 1 aliphatic rings. The summed E-state index contributed by atoms with van der Waals surface area (Å²) < 4.78 is 49.1. The summed E-state index contributed by atoms with van der Waals surface area (Å²) in [4.78, 5) is 54.4. The van der Waals surface area contributed by atoms with Crippen molar-refractivity contribution in [2.45, 2.75) is 197 Å². The van der Waals surface area contributed by atoms with E-state index < -0.39 is 102 Å². The molecule has 70 heavy (non-hydrogen) atoms. The molecule has 0 aliphatic heterocycles. The summed E-state index contributed by atoms with van der Waals surface area (Å²) in [5.74, 6) is -1.57. The van der Waals surface area contributed by atoms with E-state index in [4.69, 9.17) is 18.5 Å². The van der Waals surface area contributed by atoms with Gasteiger partial charge < -0.3 is 59.9 Å². The monoisotopic (exact) mass is 1040 g/mol. The molecule has 0 spiro atoms. The predicted molar refractivity (Wildman–Crippen MR) is 264 cm³/mol. The lowest BCUT2D eigenvalue weighted by molar-refractivity contribution is -0.216. The van der Waals surface area contributed by atoms with E-state index in [0.717, 1.165) is 64.2 Å². The van der Waals surface area contributed by atoms with Gasteiger partial charge in [-0.3, -0.25) is 23.2 Å². The lowest BCUT2D eigenvalue weighted by Gasteiger charge is -2.43. The average Bonchev–Trinajstić information content (AvgIpc) is 3.31. The average molecular weight is 1040 g/mol. The number of carbonyl (C=O) groups excluding carboxylic acids is 2. The van der Waals surface area contributed by atoms with Crippen molar-refractivity contribution >= 4 is 27.6 Å². The zero-order valence-electron chi connectivity index (χ0n) is 40.7. The smallest absolute Gasteiger partial charge is 0.462 e. The summed E-state index contributed by atoms with van der Waals surface area (Å²) in [5.41, 5.74) is 0. The lowest BCUT2D eigenvalue weighted by Crippen LogP contribution is -2.64. The minimum absolute atomic E-state index is 0.0164. The Balaban J connectivity index is 2.75. The molecule has 0 aromatic rings. The van der Waals surface area contributed by atoms with E-state index in [-0.39, 0.29) is 25.7 Å². The van der Waals surface area contributed by atoms with Crippen LogP contribution in [0, 0.1) is 0 Å². The third-order valence-corrected chi connectivity index (χ3v) is 12.3. The number of carbonyl (C=O) groups is 2. The predicted octanol–water partition coefficient (Wildman–Crippen LogP) is 6.31. The summed E-state index contributed by atoms with van der Waals surface area (Å²) in [5, 5.41) is 72.0. The van der Waals surface area contributed by atoms with E-state index in [0.29, 0.717) is 12.8 Å². The largest absolute Gasteiger partial charge is 0.472 e. The minimum atomic E-state index is -5.42. The van der Waals surface area contributed by atoms with Crippen LogP contribution in [-0.2, 0) is 41.8 Å². The number of hydrogen-bond acceptors (Lipinski definition) is 16. The number of allylic oxidation sites excluding steroid dienone is 12. The molecular formula is C49H82O19P2. The SMILES string of the molecule is CCCCC/C=C\C/C=C\C/C=C\CCCCCCC(=O)OC[C@H](COP(=O)(O)O[C@H]1C(O)C(O)C(O)[C@@H](OP(=O)(O)O)C1O)OC(=O)CCC[C@H](O)[C@@H](O)/C=C/C=C/C=C\C=C\[C@@H](O)CCCCC. The van der Waals surface area contributed by atoms with Crippen LogP contribution in [0.25, 0.3) is 0 Å². The molecule has 0 bridgehead atoms. The van der Waals surface area contributed by atoms with Crippen LogP contribution in [0.4, 0.5) is 0 Å². The lowest BCUT2D eigenvalue weighted by atomic mass is 9.85. The van der Waals surface area contributed by atoms with Crippen molar-refractivity contribution in [1.29, 1.82) is 0 Å². The van der Waals surface area contributed by atoms with Gasteiger partial charge in [0.1, 0.15) is 43.2 Å². The molecule has 11 atom stereocenters. The molecule has 21 heteroatoms. The molecule has 0 aromatic heterocycles. The Morgan fingerprint density at radius 1 is 0.557 bits per heavy atom. The zero-order valence-corrected chi connectivity index (χ0v) is 42.5. The first kappa shape index (κ1) is 65.1. The van der Waals surface area contributed by atoms with Crippen molar-refractivity contribution in [3.05, 3.63) is 85.1 Å². The van der Waals surface area contributed by atoms with Crippen LogP contribution < -0.4 is 0 Å². The maximum absolute atomic E-state index is 13.0. The molecule has 402 valence electrons. The van der Waals surface area contributed by atoms with Gasteiger partial charge in [0.25, 0.3) is 0 Å². The molecule has 1 saturated carbocycles. The number of esters is 2. The third kappa shape index (κ3) is 32.2. The highest BCUT2D eigenvalue weighted by Gasteiger charge is 2.54. The topological polar surface area (TPSA) is 317 Å². The molecule has 0 heterocycles. The number of unbranched alkanes of at least 4 members (excludes halogenated alkanes) is 9. The van der Waals surface area contributed by atoms with Crippen molar-refractivity contribution in [3.63, 3.8) is 0 Å². The number of phosphoric acid groups is 2. The maximum Gasteiger partial charge on any atom is 0.472 e. The Bertz CT molecular complexity index is 1730. The highest BCUT2D eigenvalue weighted by molar-refractivity contribution is 7.47. The molecule has 10 N–H and O–H groups in total. The number of ether oxygens (including phenoxy) is 2. The Morgan fingerprint density at radius 2 is 1.09 bits per heavy atom. The van der Waals surface area contributed by atoms with Crippen molar-refractivity contribution in [2.24, 2.45) is 0 Å². The second-order valence-corrected chi connectivity index (χ2v) is 19.6. The second-order valence-electron chi connectivity index (χ2n) is 17.0. The second kappa shape index (κ2) is 38.6. The number of rotatable bonds is 39. The van der Waals surface area contributed by atoms with Crippen LogP contribution in [0.5, 0.6) is 0 Å². The number of hydrogen-bond donors (Lipinski definition) is 10. The number of aliphatic hydroxyl groups excluding tert-OH is 7. The fourth-order valence-electron chi connectivity index (χ4n) is 6.83. The molecule has 1 fully saturated rings. The summed E-state index contributed by atoms with van der Waals surface area (Å²) >= 11 is 0. The van der Waals surface area contributed by atoms with E-state index in [1.165, 1.54) is 31.4 Å². The molecule has 1 rings (SSSR count). The van der Waals surface area contributed by atoms with Gasteiger partial charge in [0.15, 0.2) is 6.10 Å². The van der Waals surface area contributed by atoms with E-state index in [1.54, 1.807) is 36.5 Å². The van der Waals surface area contributed by atoms with Gasteiger partial charge in [-0.15, -0.1) is 0 Å². The van der Waals surface area contributed by atoms with Gasteiger partial charge in [0.2, 0.25) is 0 Å². The fourth-order valence-corrected chi connectivity index (χ4v) is 8.37. The van der Waals surface area contributed by atoms with Gasteiger partial charge in [-0.1, -0.05) is 144 Å². The van der Waals surface area contributed by atoms with Crippen LogP contribution in [0.15, 0.2) is 85.1 Å². The molecule has 0 saturated heterocycles. The summed E-state index contributed by atoms with van der Waals surface area (Å²) in [6, 6.07) is 0. The first-order valence-electron chi connectivity index (χ1n) is 24.5. The summed E-state index contributed by atoms with van der Waals surface area (Å²) in [6.07, 6.45) is 21.6. The number of aliphatic hydroxyl groups is 7. The highest BCUT2D eigenvalue weighted by atomic mass is 31.2. The van der Waals surface area contributed by atoms with Gasteiger partial charge in [-0.05, 0) is 64.2 Å². The van der Waals surface area contributed by atoms with E-state index in [1.807, 2.05) is 0 Å². The van der Waals surface area contributed by atoms with Crippen LogP contribution in [0.2, 0.25) is 0 Å². The molecular weight excluding hydrogens is 954 g/mol. The Labute approximate surface area is 413 Å². The van der Waals surface area contributed by atoms with Gasteiger partial charge in [0, 0.05) is 12.8 Å². The van der Waals surface area contributed by atoms with Gasteiger partial charge in [0.05, 0.1) is 24.9 Å². The quantitative estimate of drug-likeness (QED) is 0.0106. The molecule has 0 amide bonds. The standard InChI is InChI=1S/C49H82O19P2/c1-3-5-7-8-9-10-11-12-13-14-15-16-17-18-19-24-28-34-42(53)64-36-39(37-65-70(62,63)68-49-46(57)44(55)45(56)48(47(49)58)67-69(59,60)61)66-43(54)35-29-33-41(52)40(51)32-27-23-21-20-22-26-31-38(50)30-25-6-4-2/h9-10,12-13,15-16,20-23,26-27,31-32,38-41,44-52,55-58H,3-8,11,14,17-19,24-25,28-30,33-37H2,1-2H3,(H,62,63)(H2,59,60,61)/b10-9-,13-12-,16-15-,22-20-,23-21+,31-26+,32-27+/t38-,39+,40-,41-,44?,45?,46?,47?,48+,49-/m0/s1. The molecule has 1 aliphatic carbocycles. The summed E-state index contributed by atoms with van der Waals surface area (Å²) in [6.45, 7) is 2.66. The van der Waals surface area contributed by atoms with Crippen LogP contribution >= 0.6 is 15.6 Å². The van der Waals surface area contributed by atoms with Crippen LogP contribution in [0.3, 0.4) is 0 Å². The molecule has 0 aromatic carbocycles. The molecule has 19 nitrogen and oxygen atoms in total. The highest BCUT2D eigenvalue weighted by Crippen LogP contribution is 2.49. The Hall–Kier alpha value is -2.94. The summed E-state index contributed by atoms with van der Waals surface area (Å²) in [7, 11) is -10.8. The fraction of sp³-hybridized carbons (Fsp3) is 0.673. The van der Waals surface area contributed by atoms with E-state index in [2.05, 4.69) is 54.8 Å². The van der Waals surface area contributed by atoms with E-state index in [9.17, 15) is 69.1 Å². The van der Waals surface area contributed by atoms with Crippen LogP contribution in [0.1, 0.15) is 136 Å². The van der Waals surface area contributed by atoms with Gasteiger partial charge in [-0.2, -0.15) is 0 Å². The number of phosphoric ester groups is 2. The van der Waals surface area contributed by atoms with Gasteiger partial charge in [-0.25, -0.2) is 9.13 Å². The van der Waals surface area contributed by atoms with Crippen molar-refractivity contribution < 1.29 is 92.2 Å². The maximum atomic E-state index is 13.0. The Kier molecular flexibility index (Phi) is 35.9. The van der Waals surface area contributed by atoms with Crippen molar-refractivity contribution in [1.82, 2.24) is 0 Å². The first-order valence-corrected chi connectivity index (χ1v) is 27.5. The molecule has 0 radical (unpaired) electrons. The van der Waals surface area contributed by atoms with E-state index >= 15 is 0 Å².